The van der Waals surface area contributed by atoms with E-state index in [9.17, 15) is 4.79 Å². The minimum absolute atomic E-state index is 0.240. The molecule has 7 nitrogen and oxygen atoms in total. The summed E-state index contributed by atoms with van der Waals surface area (Å²) in [5.74, 6) is 2.73. The van der Waals surface area contributed by atoms with Crippen LogP contribution >= 0.6 is 0 Å². The zero-order chi connectivity index (χ0) is 18.5. The van der Waals surface area contributed by atoms with Crippen LogP contribution < -0.4 is 19.9 Å². The molecule has 2 aromatic carbocycles. The molecule has 0 aliphatic heterocycles. The average Bonchev–Trinajstić information content (AvgIpc) is 3.02. The molecule has 0 unspecified atom stereocenters. The summed E-state index contributed by atoms with van der Waals surface area (Å²) in [4.78, 5) is 12.2. The highest BCUT2D eigenvalue weighted by molar-refractivity contribution is 5.43. The summed E-state index contributed by atoms with van der Waals surface area (Å²) in [7, 11) is 4.81. The molecule has 3 aromatic rings. The van der Waals surface area contributed by atoms with Crippen LogP contribution in [0.5, 0.6) is 17.2 Å². The van der Waals surface area contributed by atoms with Gasteiger partial charge in [-0.3, -0.25) is 4.57 Å². The highest BCUT2D eigenvalue weighted by Gasteiger charge is 2.12. The lowest BCUT2D eigenvalue weighted by molar-refractivity contribution is 0.354. The fourth-order valence-corrected chi connectivity index (χ4v) is 2.73. The molecule has 0 fully saturated rings. The number of benzene rings is 2. The monoisotopic (exact) mass is 355 g/mol. The van der Waals surface area contributed by atoms with Crippen LogP contribution in [0.1, 0.15) is 17.0 Å². The number of H-pyrrole nitrogens is 1. The number of hydrogen-bond acceptors (Lipinski definition) is 5. The minimum atomic E-state index is -0.240. The van der Waals surface area contributed by atoms with Crippen molar-refractivity contribution in [2.75, 3.05) is 21.3 Å². The van der Waals surface area contributed by atoms with E-state index in [4.69, 9.17) is 14.2 Å². The summed E-state index contributed by atoms with van der Waals surface area (Å²) in [6.07, 6.45) is 0.495. The maximum Gasteiger partial charge on any atom is 0.343 e. The summed E-state index contributed by atoms with van der Waals surface area (Å²) in [5.41, 5.74) is 1.72. The number of nitrogens with zero attached hydrogens (tertiary/aromatic N) is 2. The van der Waals surface area contributed by atoms with Gasteiger partial charge in [0.1, 0.15) is 11.6 Å². The lowest BCUT2D eigenvalue weighted by Crippen LogP contribution is -2.19. The summed E-state index contributed by atoms with van der Waals surface area (Å²) in [5, 5.41) is 6.70. The molecule has 26 heavy (non-hydrogen) atoms. The first-order chi connectivity index (χ1) is 12.6. The first-order valence-corrected chi connectivity index (χ1v) is 8.12. The molecule has 136 valence electrons. The van der Waals surface area contributed by atoms with Crippen molar-refractivity contribution in [3.8, 4) is 17.2 Å². The smallest absolute Gasteiger partial charge is 0.343 e. The Morgan fingerprint density at radius 2 is 1.62 bits per heavy atom. The molecule has 7 heteroatoms. The Morgan fingerprint density at radius 1 is 0.923 bits per heavy atom. The third-order valence-electron chi connectivity index (χ3n) is 4.15. The molecule has 0 saturated heterocycles. The zero-order valence-electron chi connectivity index (χ0n) is 15.0. The Balaban J connectivity index is 1.84. The largest absolute Gasteiger partial charge is 0.497 e. The minimum Gasteiger partial charge on any atom is -0.497 e. The predicted molar refractivity (Wildman–Crippen MR) is 97.3 cm³/mol. The van der Waals surface area contributed by atoms with Crippen molar-refractivity contribution in [2.24, 2.45) is 0 Å². The summed E-state index contributed by atoms with van der Waals surface area (Å²) >= 11 is 0. The average molecular weight is 355 g/mol. The Labute approximate surface area is 151 Å². The SMILES string of the molecule is COc1ccc(Cn2c(Cc3ccc(OC)c(OC)c3)n[nH]c2=O)cc1. The molecule has 1 N–H and O–H groups in total. The number of methoxy groups -OCH3 is 3. The molecule has 0 saturated carbocycles. The van der Waals surface area contributed by atoms with E-state index in [-0.39, 0.29) is 5.69 Å². The fourth-order valence-electron chi connectivity index (χ4n) is 2.73. The van der Waals surface area contributed by atoms with E-state index in [1.165, 1.54) is 0 Å². The van der Waals surface area contributed by atoms with Crippen LogP contribution in [0, 0.1) is 0 Å². The molecule has 0 atom stereocenters. The first-order valence-electron chi connectivity index (χ1n) is 8.12. The Kier molecular flexibility index (Phi) is 5.26. The fraction of sp³-hybridized carbons (Fsp3) is 0.263. The number of hydrogen-bond donors (Lipinski definition) is 1. The van der Waals surface area contributed by atoms with Gasteiger partial charge >= 0.3 is 5.69 Å². The second-order valence-electron chi connectivity index (χ2n) is 5.75. The van der Waals surface area contributed by atoms with Crippen LogP contribution in [0.4, 0.5) is 0 Å². The number of nitrogens with one attached hydrogen (secondary N) is 1. The van der Waals surface area contributed by atoms with Crippen LogP contribution in [0.2, 0.25) is 0 Å². The quantitative estimate of drug-likeness (QED) is 0.703. The van der Waals surface area contributed by atoms with Crippen LogP contribution in [0.3, 0.4) is 0 Å². The van der Waals surface area contributed by atoms with Gasteiger partial charge in [0.2, 0.25) is 0 Å². The van der Waals surface area contributed by atoms with E-state index in [1.54, 1.807) is 25.9 Å². The Hall–Kier alpha value is -3.22. The molecule has 0 spiro atoms. The molecule has 0 aliphatic rings. The van der Waals surface area contributed by atoms with E-state index in [1.807, 2.05) is 42.5 Å². The molecular weight excluding hydrogens is 334 g/mol. The van der Waals surface area contributed by atoms with Gasteiger partial charge in [-0.25, -0.2) is 9.89 Å². The number of ether oxygens (including phenoxy) is 3. The second kappa shape index (κ2) is 7.77. The lowest BCUT2D eigenvalue weighted by Gasteiger charge is -2.10. The van der Waals surface area contributed by atoms with Gasteiger partial charge in [0.25, 0.3) is 0 Å². The van der Waals surface area contributed by atoms with E-state index in [2.05, 4.69) is 10.2 Å². The highest BCUT2D eigenvalue weighted by Crippen LogP contribution is 2.28. The van der Waals surface area contributed by atoms with Gasteiger partial charge in [-0.15, -0.1) is 0 Å². The van der Waals surface area contributed by atoms with Crippen molar-refractivity contribution in [3.63, 3.8) is 0 Å². The first kappa shape index (κ1) is 17.6. The standard InChI is InChI=1S/C19H21N3O4/c1-24-15-7-4-13(5-8-15)12-22-18(20-21-19(22)23)11-14-6-9-16(25-2)17(10-14)26-3/h4-10H,11-12H2,1-3H3,(H,21,23). The van der Waals surface area contributed by atoms with Gasteiger partial charge < -0.3 is 14.2 Å². The topological polar surface area (TPSA) is 78.4 Å². The molecule has 0 radical (unpaired) electrons. The molecular formula is C19H21N3O4. The maximum atomic E-state index is 12.2. The van der Waals surface area contributed by atoms with E-state index in [0.717, 1.165) is 16.9 Å². The second-order valence-corrected chi connectivity index (χ2v) is 5.75. The zero-order valence-corrected chi connectivity index (χ0v) is 15.0. The van der Waals surface area contributed by atoms with E-state index in [0.29, 0.717) is 30.3 Å². The van der Waals surface area contributed by atoms with Crippen molar-refractivity contribution in [2.45, 2.75) is 13.0 Å². The van der Waals surface area contributed by atoms with Gasteiger partial charge in [-0.05, 0) is 35.4 Å². The van der Waals surface area contributed by atoms with E-state index >= 15 is 0 Å². The van der Waals surface area contributed by atoms with Crippen LogP contribution in [-0.2, 0) is 13.0 Å². The third-order valence-corrected chi connectivity index (χ3v) is 4.15. The molecule has 3 rings (SSSR count). The van der Waals surface area contributed by atoms with Crippen molar-refractivity contribution < 1.29 is 14.2 Å². The molecule has 0 bridgehead atoms. The third kappa shape index (κ3) is 3.72. The lowest BCUT2D eigenvalue weighted by atomic mass is 10.1. The molecule has 0 amide bonds. The highest BCUT2D eigenvalue weighted by atomic mass is 16.5. The molecule has 1 heterocycles. The van der Waals surface area contributed by atoms with Crippen LogP contribution in [0.15, 0.2) is 47.3 Å². The van der Waals surface area contributed by atoms with Gasteiger partial charge in [0.15, 0.2) is 11.5 Å². The molecule has 0 aliphatic carbocycles. The van der Waals surface area contributed by atoms with Gasteiger partial charge in [0, 0.05) is 6.42 Å². The molecule has 1 aromatic heterocycles. The van der Waals surface area contributed by atoms with E-state index < -0.39 is 0 Å². The van der Waals surface area contributed by atoms with Crippen molar-refractivity contribution >= 4 is 0 Å². The predicted octanol–water partition coefficient (Wildman–Crippen LogP) is 2.24. The number of rotatable bonds is 7. The number of aromatic amines is 1. The summed E-state index contributed by atoms with van der Waals surface area (Å²) in [6, 6.07) is 13.3. The maximum absolute atomic E-state index is 12.2. The number of aromatic nitrogens is 3. The van der Waals surface area contributed by atoms with Crippen molar-refractivity contribution in [3.05, 3.63) is 69.9 Å². The Bertz CT molecular complexity index is 929. The summed E-state index contributed by atoms with van der Waals surface area (Å²) in [6.45, 7) is 0.432. The van der Waals surface area contributed by atoms with Gasteiger partial charge in [-0.2, -0.15) is 5.10 Å². The van der Waals surface area contributed by atoms with Gasteiger partial charge in [-0.1, -0.05) is 18.2 Å². The van der Waals surface area contributed by atoms with Crippen LogP contribution in [0.25, 0.3) is 0 Å². The summed E-state index contributed by atoms with van der Waals surface area (Å²) < 4.78 is 17.4. The van der Waals surface area contributed by atoms with Gasteiger partial charge in [0.05, 0.1) is 27.9 Å². The van der Waals surface area contributed by atoms with Crippen LogP contribution in [-0.4, -0.2) is 36.1 Å². The van der Waals surface area contributed by atoms with Crippen molar-refractivity contribution in [1.29, 1.82) is 0 Å². The Morgan fingerprint density at radius 3 is 2.27 bits per heavy atom. The van der Waals surface area contributed by atoms with Crippen molar-refractivity contribution in [1.82, 2.24) is 14.8 Å². The normalized spacial score (nSPS) is 10.6.